The van der Waals surface area contributed by atoms with Gasteiger partial charge in [0, 0.05) is 25.0 Å². The number of aryl methyl sites for hydroxylation is 1. The second-order valence-corrected chi connectivity index (χ2v) is 12.5. The summed E-state index contributed by atoms with van der Waals surface area (Å²) in [6.45, 7) is 11.5. The Labute approximate surface area is 275 Å². The molecule has 47 heavy (non-hydrogen) atoms. The number of ether oxygens (including phenoxy) is 1. The van der Waals surface area contributed by atoms with E-state index in [1.807, 2.05) is 101 Å². The first-order chi connectivity index (χ1) is 22.4. The van der Waals surface area contributed by atoms with Crippen LogP contribution in [0.25, 0.3) is 21.5 Å². The Balaban J connectivity index is 0.000000185. The Bertz CT molecular complexity index is 1990. The average Bonchev–Trinajstić information content (AvgIpc) is 3.80. The maximum absolute atomic E-state index is 11.3. The second kappa shape index (κ2) is 13.4. The van der Waals surface area contributed by atoms with E-state index >= 15 is 0 Å². The number of hydrogen-bond donors (Lipinski definition) is 5. The molecule has 0 aliphatic carbocycles. The van der Waals surface area contributed by atoms with E-state index < -0.39 is 11.2 Å². The van der Waals surface area contributed by atoms with Crippen molar-refractivity contribution >= 4 is 33.1 Å². The highest BCUT2D eigenvalue weighted by molar-refractivity contribution is 5.93. The molecule has 2 unspecified atom stereocenters. The van der Waals surface area contributed by atoms with Gasteiger partial charge in [-0.1, -0.05) is 64.1 Å². The van der Waals surface area contributed by atoms with Crippen LogP contribution in [0, 0.1) is 18.8 Å². The van der Waals surface area contributed by atoms with Gasteiger partial charge in [-0.25, -0.2) is 9.97 Å². The van der Waals surface area contributed by atoms with Crippen molar-refractivity contribution in [3.05, 3.63) is 120 Å². The first-order valence-electron chi connectivity index (χ1n) is 15.7. The van der Waals surface area contributed by atoms with E-state index in [9.17, 15) is 15.0 Å². The molecule has 0 radical (unpaired) electrons. The fraction of sp³-hybridized carbons (Fsp3) is 0.289. The zero-order valence-corrected chi connectivity index (χ0v) is 27.9. The van der Waals surface area contributed by atoms with Crippen LogP contribution < -0.4 is 10.1 Å². The molecular weight excluding hydrogens is 590 g/mol. The number of carbonyl (C=O) groups is 1. The maximum Gasteiger partial charge on any atom is 0.221 e. The largest absolute Gasteiger partial charge is 0.496 e. The molecule has 2 heterocycles. The number of amides is 1. The number of aromatic amines is 2. The van der Waals surface area contributed by atoms with Gasteiger partial charge >= 0.3 is 0 Å². The van der Waals surface area contributed by atoms with Gasteiger partial charge in [0.25, 0.3) is 0 Å². The topological polar surface area (TPSA) is 136 Å². The van der Waals surface area contributed by atoms with Crippen molar-refractivity contribution in [2.45, 2.75) is 52.7 Å². The highest BCUT2D eigenvalue weighted by atomic mass is 16.5. The van der Waals surface area contributed by atoms with Gasteiger partial charge in [0.05, 0.1) is 31.2 Å². The second-order valence-electron chi connectivity index (χ2n) is 12.5. The molecule has 5 N–H and O–H groups in total. The van der Waals surface area contributed by atoms with Crippen molar-refractivity contribution in [2.75, 3.05) is 12.4 Å². The molecule has 0 fully saturated rings. The molecule has 6 rings (SSSR count). The lowest BCUT2D eigenvalue weighted by molar-refractivity contribution is -0.114. The van der Waals surface area contributed by atoms with Gasteiger partial charge in [-0.2, -0.15) is 0 Å². The van der Waals surface area contributed by atoms with Crippen molar-refractivity contribution in [1.82, 2.24) is 19.9 Å². The predicted molar refractivity (Wildman–Crippen MR) is 186 cm³/mol. The van der Waals surface area contributed by atoms with Crippen LogP contribution in [-0.4, -0.2) is 43.2 Å². The molecule has 0 saturated carbocycles. The first kappa shape index (κ1) is 33.4. The Morgan fingerprint density at radius 2 is 1.28 bits per heavy atom. The predicted octanol–water partition coefficient (Wildman–Crippen LogP) is 7.19. The van der Waals surface area contributed by atoms with Crippen molar-refractivity contribution in [1.29, 1.82) is 0 Å². The number of hydrogen-bond acceptors (Lipinski definition) is 6. The van der Waals surface area contributed by atoms with Gasteiger partial charge in [-0.05, 0) is 87.3 Å². The number of aliphatic hydroxyl groups is 2. The number of aromatic nitrogens is 4. The number of nitrogens with one attached hydrogen (secondary N) is 3. The molecular formula is C38H43N5O4. The van der Waals surface area contributed by atoms with Crippen molar-refractivity contribution in [3.8, 4) is 5.75 Å². The quantitative estimate of drug-likeness (QED) is 0.120. The van der Waals surface area contributed by atoms with E-state index in [2.05, 4.69) is 25.3 Å². The molecule has 0 aliphatic heterocycles. The number of imidazole rings is 2. The third-order valence-corrected chi connectivity index (χ3v) is 8.95. The van der Waals surface area contributed by atoms with Crippen LogP contribution >= 0.6 is 0 Å². The summed E-state index contributed by atoms with van der Waals surface area (Å²) in [5, 5.41) is 29.6. The molecule has 2 atom stereocenters. The summed E-state index contributed by atoms with van der Waals surface area (Å²) < 4.78 is 5.38. The van der Waals surface area contributed by atoms with Crippen molar-refractivity contribution in [3.63, 3.8) is 0 Å². The van der Waals surface area contributed by atoms with Crippen LogP contribution in [0.2, 0.25) is 0 Å². The summed E-state index contributed by atoms with van der Waals surface area (Å²) >= 11 is 0. The number of rotatable bonds is 8. The molecule has 1 amide bonds. The molecule has 0 spiro atoms. The van der Waals surface area contributed by atoms with E-state index in [0.717, 1.165) is 49.7 Å². The van der Waals surface area contributed by atoms with Crippen molar-refractivity contribution < 1.29 is 19.7 Å². The third kappa shape index (κ3) is 6.37. The van der Waals surface area contributed by atoms with E-state index in [-0.39, 0.29) is 17.7 Å². The fourth-order valence-electron chi connectivity index (χ4n) is 6.18. The number of H-pyrrole nitrogens is 2. The van der Waals surface area contributed by atoms with Gasteiger partial charge < -0.3 is 30.2 Å². The van der Waals surface area contributed by atoms with Crippen molar-refractivity contribution in [2.24, 2.45) is 11.8 Å². The van der Waals surface area contributed by atoms with Crippen LogP contribution in [0.15, 0.2) is 91.8 Å². The lowest BCUT2D eigenvalue weighted by Gasteiger charge is -2.31. The summed E-state index contributed by atoms with van der Waals surface area (Å²) in [4.78, 5) is 25.6. The monoisotopic (exact) mass is 633 g/mol. The minimum absolute atomic E-state index is 0.0115. The minimum Gasteiger partial charge on any atom is -0.496 e. The summed E-state index contributed by atoms with van der Waals surface area (Å²) in [7, 11) is 1.68. The summed E-state index contributed by atoms with van der Waals surface area (Å²) in [5.41, 5.74) is 2.45. The number of benzene rings is 4. The highest BCUT2D eigenvalue weighted by Gasteiger charge is 2.38. The van der Waals surface area contributed by atoms with E-state index in [1.165, 1.54) is 6.92 Å². The Morgan fingerprint density at radius 3 is 1.79 bits per heavy atom. The zero-order valence-electron chi connectivity index (χ0n) is 27.9. The van der Waals surface area contributed by atoms with E-state index in [0.29, 0.717) is 11.4 Å². The molecule has 244 valence electrons. The standard InChI is InChI=1S/C19H21N3O2.C19H22N2O2/c1-12(2)19(24,18-10-20-11-21-18)16-6-4-15-9-17(22-13(3)23)7-5-14(15)8-16;1-12(2)19(22,18-10-20-11-21-18)15-6-7-16-13(3)17(23-4)8-5-14(16)9-15/h4-12,24H,1-3H3,(H,20,21)(H,22,23);5-12,22H,1-4H3,(H,20,21). The molecule has 9 nitrogen and oxygen atoms in total. The zero-order chi connectivity index (χ0) is 33.9. The minimum atomic E-state index is -1.16. The maximum atomic E-state index is 11.3. The normalized spacial score (nSPS) is 14.0. The number of carbonyl (C=O) groups excluding carboxylic acids is 1. The summed E-state index contributed by atoms with van der Waals surface area (Å²) in [6.07, 6.45) is 6.65. The average molecular weight is 634 g/mol. The Kier molecular flexibility index (Phi) is 9.51. The number of nitrogens with zero attached hydrogens (tertiary/aromatic N) is 2. The lowest BCUT2D eigenvalue weighted by atomic mass is 9.80. The first-order valence-corrected chi connectivity index (χ1v) is 15.7. The summed E-state index contributed by atoms with van der Waals surface area (Å²) in [5.74, 6) is 0.717. The van der Waals surface area contributed by atoms with E-state index in [1.54, 1.807) is 32.2 Å². The molecule has 2 aromatic heterocycles. The van der Waals surface area contributed by atoms with Gasteiger partial charge in [0.2, 0.25) is 5.91 Å². The fourth-order valence-corrected chi connectivity index (χ4v) is 6.18. The summed E-state index contributed by atoms with van der Waals surface area (Å²) in [6, 6.07) is 21.6. The lowest BCUT2D eigenvalue weighted by Crippen LogP contribution is -2.33. The van der Waals surface area contributed by atoms with Crippen LogP contribution in [0.1, 0.15) is 62.7 Å². The molecule has 0 saturated heterocycles. The van der Waals surface area contributed by atoms with Gasteiger partial charge in [-0.15, -0.1) is 0 Å². The molecule has 0 bridgehead atoms. The number of methoxy groups -OCH3 is 1. The molecule has 9 heteroatoms. The SMILES string of the molecule is CC(=O)Nc1ccc2cc(C(O)(c3c[nH]cn3)C(C)C)ccc2c1.COc1ccc2cc(C(O)(c3c[nH]cn3)C(C)C)ccc2c1C. The van der Waals surface area contributed by atoms with Crippen LogP contribution in [0.4, 0.5) is 5.69 Å². The van der Waals surface area contributed by atoms with Gasteiger partial charge in [0.1, 0.15) is 17.0 Å². The Hall–Kier alpha value is -4.99. The van der Waals surface area contributed by atoms with Crippen LogP contribution in [0.3, 0.4) is 0 Å². The van der Waals surface area contributed by atoms with Crippen LogP contribution in [0.5, 0.6) is 5.75 Å². The van der Waals surface area contributed by atoms with Crippen LogP contribution in [-0.2, 0) is 16.0 Å². The number of anilines is 1. The third-order valence-electron chi connectivity index (χ3n) is 8.95. The van der Waals surface area contributed by atoms with Gasteiger partial charge in [-0.3, -0.25) is 4.79 Å². The van der Waals surface area contributed by atoms with Gasteiger partial charge in [0.15, 0.2) is 0 Å². The molecule has 6 aromatic rings. The molecule has 4 aromatic carbocycles. The molecule has 0 aliphatic rings. The smallest absolute Gasteiger partial charge is 0.221 e. The Morgan fingerprint density at radius 1 is 0.766 bits per heavy atom. The number of fused-ring (bicyclic) bond motifs is 2. The van der Waals surface area contributed by atoms with E-state index in [4.69, 9.17) is 4.74 Å². The highest BCUT2D eigenvalue weighted by Crippen LogP contribution is 2.39.